The van der Waals surface area contributed by atoms with Crippen LogP contribution in [-0.2, 0) is 4.74 Å². The van der Waals surface area contributed by atoms with Crippen LogP contribution >= 0.6 is 0 Å². The molecule has 1 atom stereocenters. The number of nitrogens with zero attached hydrogens (tertiary/aromatic N) is 1. The van der Waals surface area contributed by atoms with Gasteiger partial charge in [-0.25, -0.2) is 4.99 Å². The largest absolute Gasteiger partial charge is 0.481 e. The van der Waals surface area contributed by atoms with Gasteiger partial charge < -0.3 is 4.74 Å². The van der Waals surface area contributed by atoms with Crippen molar-refractivity contribution < 1.29 is 17.9 Å². The Kier molecular flexibility index (Phi) is 3.35. The van der Waals surface area contributed by atoms with Crippen LogP contribution in [0.2, 0.25) is 0 Å². The lowest BCUT2D eigenvalue weighted by molar-refractivity contribution is -0.0994. The molecule has 0 amide bonds. The average molecular weight is 235 g/mol. The lowest BCUT2D eigenvalue weighted by Crippen LogP contribution is -2.29. The fourth-order valence-corrected chi connectivity index (χ4v) is 1.54. The van der Waals surface area contributed by atoms with Crippen LogP contribution in [0.25, 0.3) is 0 Å². The van der Waals surface area contributed by atoms with E-state index in [2.05, 4.69) is 9.73 Å². The summed E-state index contributed by atoms with van der Waals surface area (Å²) in [5.41, 5.74) is -0.906. The maximum atomic E-state index is 12.7. The summed E-state index contributed by atoms with van der Waals surface area (Å²) in [6, 6.07) is 0. The van der Waals surface area contributed by atoms with E-state index in [4.69, 9.17) is 0 Å². The SMILES string of the molecule is COC1=C(C(F)(F)F)CC(C(C)(C)C)C=N1. The van der Waals surface area contributed by atoms with Crippen LogP contribution in [0.1, 0.15) is 27.2 Å². The zero-order chi connectivity index (χ0) is 12.6. The number of methoxy groups -OCH3 is 1. The molecule has 0 saturated heterocycles. The van der Waals surface area contributed by atoms with Crippen molar-refractivity contribution in [2.24, 2.45) is 16.3 Å². The molecule has 0 spiro atoms. The molecule has 0 saturated carbocycles. The molecule has 1 aliphatic rings. The van der Waals surface area contributed by atoms with Crippen LogP contribution in [0.5, 0.6) is 0 Å². The summed E-state index contributed by atoms with van der Waals surface area (Å²) in [5.74, 6) is -0.531. The fraction of sp³-hybridized carbons (Fsp3) is 0.727. The van der Waals surface area contributed by atoms with Gasteiger partial charge in [-0.1, -0.05) is 20.8 Å². The second kappa shape index (κ2) is 4.11. The molecule has 2 nitrogen and oxygen atoms in total. The van der Waals surface area contributed by atoms with Gasteiger partial charge in [0.05, 0.1) is 12.7 Å². The Morgan fingerprint density at radius 2 is 1.88 bits per heavy atom. The first kappa shape index (κ1) is 13.1. The molecular formula is C11H16F3NO. The predicted molar refractivity (Wildman–Crippen MR) is 56.1 cm³/mol. The minimum absolute atomic E-state index is 0.0698. The fourth-order valence-electron chi connectivity index (χ4n) is 1.54. The average Bonchev–Trinajstić information content (AvgIpc) is 2.14. The molecule has 0 aromatic rings. The number of hydrogen-bond donors (Lipinski definition) is 0. The van der Waals surface area contributed by atoms with Crippen LogP contribution in [0, 0.1) is 11.3 Å². The van der Waals surface area contributed by atoms with Gasteiger partial charge in [-0.05, 0) is 11.8 Å². The Morgan fingerprint density at radius 1 is 1.31 bits per heavy atom. The zero-order valence-electron chi connectivity index (χ0n) is 9.85. The summed E-state index contributed by atoms with van der Waals surface area (Å²) in [5, 5.41) is 0. The monoisotopic (exact) mass is 235 g/mol. The third-order valence-corrected chi connectivity index (χ3v) is 2.70. The van der Waals surface area contributed by atoms with E-state index in [9.17, 15) is 13.2 Å². The van der Waals surface area contributed by atoms with E-state index in [0.29, 0.717) is 0 Å². The summed E-state index contributed by atoms with van der Waals surface area (Å²) in [7, 11) is 1.20. The van der Waals surface area contributed by atoms with Gasteiger partial charge in [0, 0.05) is 12.1 Å². The highest BCUT2D eigenvalue weighted by Gasteiger charge is 2.42. The second-order valence-corrected chi connectivity index (χ2v) is 4.94. The molecule has 5 heteroatoms. The normalized spacial score (nSPS) is 22.6. The van der Waals surface area contributed by atoms with E-state index in [1.54, 1.807) is 6.21 Å². The smallest absolute Gasteiger partial charge is 0.417 e. The van der Waals surface area contributed by atoms with Crippen molar-refractivity contribution in [3.63, 3.8) is 0 Å². The van der Waals surface area contributed by atoms with Crippen LogP contribution in [0.4, 0.5) is 13.2 Å². The van der Waals surface area contributed by atoms with Gasteiger partial charge in [0.1, 0.15) is 0 Å². The van der Waals surface area contributed by atoms with E-state index in [-0.39, 0.29) is 23.6 Å². The third kappa shape index (κ3) is 2.77. The number of halogens is 3. The molecule has 1 rings (SSSR count). The van der Waals surface area contributed by atoms with Gasteiger partial charge in [-0.2, -0.15) is 13.2 Å². The number of rotatable bonds is 1. The quantitative estimate of drug-likeness (QED) is 0.681. The molecule has 92 valence electrons. The Hall–Kier alpha value is -1.00. The second-order valence-electron chi connectivity index (χ2n) is 4.94. The Morgan fingerprint density at radius 3 is 2.25 bits per heavy atom. The highest BCUT2D eigenvalue weighted by molar-refractivity contribution is 5.65. The molecule has 0 aromatic carbocycles. The van der Waals surface area contributed by atoms with Gasteiger partial charge in [0.2, 0.25) is 5.88 Å². The Labute approximate surface area is 93.2 Å². The van der Waals surface area contributed by atoms with Gasteiger partial charge in [-0.3, -0.25) is 0 Å². The van der Waals surface area contributed by atoms with Gasteiger partial charge in [0.25, 0.3) is 0 Å². The molecule has 0 N–H and O–H groups in total. The van der Waals surface area contributed by atoms with Gasteiger partial charge in [-0.15, -0.1) is 0 Å². The van der Waals surface area contributed by atoms with Crippen LogP contribution < -0.4 is 0 Å². The molecule has 0 bridgehead atoms. The highest BCUT2D eigenvalue weighted by Crippen LogP contribution is 2.40. The summed E-state index contributed by atoms with van der Waals surface area (Å²) >= 11 is 0. The van der Waals surface area contributed by atoms with Crippen LogP contribution in [0.3, 0.4) is 0 Å². The van der Waals surface area contributed by atoms with Crippen LogP contribution in [0.15, 0.2) is 16.4 Å². The summed E-state index contributed by atoms with van der Waals surface area (Å²) in [4.78, 5) is 3.76. The molecule has 0 radical (unpaired) electrons. The summed E-state index contributed by atoms with van der Waals surface area (Å²) in [6.45, 7) is 5.69. The molecule has 0 aliphatic carbocycles. The van der Waals surface area contributed by atoms with Crippen molar-refractivity contribution in [3.8, 4) is 0 Å². The van der Waals surface area contributed by atoms with E-state index < -0.39 is 11.7 Å². The first-order chi connectivity index (χ1) is 7.16. The number of hydrogen-bond acceptors (Lipinski definition) is 2. The minimum atomic E-state index is -4.37. The van der Waals surface area contributed by atoms with Gasteiger partial charge >= 0.3 is 6.18 Å². The van der Waals surface area contributed by atoms with Crippen molar-refractivity contribution in [1.82, 2.24) is 0 Å². The summed E-state index contributed by atoms with van der Waals surface area (Å²) in [6.07, 6.45) is -2.89. The van der Waals surface area contributed by atoms with Crippen molar-refractivity contribution in [3.05, 3.63) is 11.5 Å². The van der Waals surface area contributed by atoms with Crippen molar-refractivity contribution in [2.45, 2.75) is 33.4 Å². The van der Waals surface area contributed by atoms with Crippen molar-refractivity contribution in [2.75, 3.05) is 7.11 Å². The molecular weight excluding hydrogens is 219 g/mol. The molecule has 1 aliphatic heterocycles. The molecule has 16 heavy (non-hydrogen) atoms. The van der Waals surface area contributed by atoms with E-state index >= 15 is 0 Å². The zero-order valence-corrected chi connectivity index (χ0v) is 9.85. The number of aliphatic imine (C=N–C) groups is 1. The maximum absolute atomic E-state index is 12.7. The first-order valence-electron chi connectivity index (χ1n) is 5.04. The molecule has 1 heterocycles. The number of ether oxygens (including phenoxy) is 1. The van der Waals surface area contributed by atoms with E-state index in [0.717, 1.165) is 0 Å². The number of allylic oxidation sites excluding steroid dienone is 1. The van der Waals surface area contributed by atoms with E-state index in [1.165, 1.54) is 7.11 Å². The predicted octanol–water partition coefficient (Wildman–Crippen LogP) is 3.54. The molecule has 1 unspecified atom stereocenters. The third-order valence-electron chi connectivity index (χ3n) is 2.70. The Bertz CT molecular complexity index is 323. The van der Waals surface area contributed by atoms with E-state index in [1.807, 2.05) is 20.8 Å². The topological polar surface area (TPSA) is 21.6 Å². The van der Waals surface area contributed by atoms with Crippen molar-refractivity contribution in [1.29, 1.82) is 0 Å². The van der Waals surface area contributed by atoms with Crippen LogP contribution in [-0.4, -0.2) is 19.5 Å². The van der Waals surface area contributed by atoms with Crippen molar-refractivity contribution >= 4 is 6.21 Å². The lowest BCUT2D eigenvalue weighted by Gasteiger charge is -2.31. The first-order valence-corrected chi connectivity index (χ1v) is 5.04. The Balaban J connectivity index is 3.02. The maximum Gasteiger partial charge on any atom is 0.417 e. The molecule has 0 aromatic heterocycles. The standard InChI is InChI=1S/C11H16F3NO/c1-10(2,3)7-5-8(11(12,13)14)9(16-4)15-6-7/h6-7H,5H2,1-4H3. The van der Waals surface area contributed by atoms with Gasteiger partial charge in [0.15, 0.2) is 0 Å². The molecule has 0 fully saturated rings. The number of alkyl halides is 3. The minimum Gasteiger partial charge on any atom is -0.481 e. The summed E-state index contributed by atoms with van der Waals surface area (Å²) < 4.78 is 42.8. The highest BCUT2D eigenvalue weighted by atomic mass is 19.4. The lowest BCUT2D eigenvalue weighted by atomic mass is 9.77.